The van der Waals surface area contributed by atoms with Crippen molar-refractivity contribution in [2.45, 2.75) is 27.3 Å². The lowest BCUT2D eigenvalue weighted by Gasteiger charge is -2.20. The number of nitrogens with zero attached hydrogens (tertiary/aromatic N) is 3. The van der Waals surface area contributed by atoms with E-state index in [1.54, 1.807) is 0 Å². The zero-order chi connectivity index (χ0) is 14.7. The van der Waals surface area contributed by atoms with E-state index in [4.69, 9.17) is 0 Å². The van der Waals surface area contributed by atoms with Gasteiger partial charge in [0.25, 0.3) is 0 Å². The molecule has 0 radical (unpaired) electrons. The highest BCUT2D eigenvalue weighted by Crippen LogP contribution is 2.19. The fraction of sp³-hybridized carbons (Fsp3) is 0.375. The fourth-order valence-corrected chi connectivity index (χ4v) is 2.30. The molecule has 1 aromatic carbocycles. The second-order valence-corrected chi connectivity index (χ2v) is 5.26. The molecule has 0 aliphatic rings. The van der Waals surface area contributed by atoms with Crippen molar-refractivity contribution >= 4 is 11.5 Å². The minimum atomic E-state index is 0.694. The van der Waals surface area contributed by atoms with Gasteiger partial charge in [-0.2, -0.15) is 0 Å². The summed E-state index contributed by atoms with van der Waals surface area (Å²) < 4.78 is 0. The number of aryl methyl sites for hydroxylation is 3. The predicted molar refractivity (Wildman–Crippen MR) is 84.3 cm³/mol. The Labute approximate surface area is 120 Å². The molecule has 1 aromatic heterocycles. The SMILES string of the molecule is CNc1cc(C)nc(CN(C)c2cc(C)cc(C)c2)n1. The number of aromatic nitrogens is 2. The van der Waals surface area contributed by atoms with Crippen LogP contribution >= 0.6 is 0 Å². The molecule has 0 fully saturated rings. The molecule has 1 heterocycles. The van der Waals surface area contributed by atoms with E-state index < -0.39 is 0 Å². The van der Waals surface area contributed by atoms with Gasteiger partial charge in [0, 0.05) is 31.5 Å². The summed E-state index contributed by atoms with van der Waals surface area (Å²) in [6.45, 7) is 6.92. The van der Waals surface area contributed by atoms with Crippen molar-refractivity contribution in [1.82, 2.24) is 9.97 Å². The topological polar surface area (TPSA) is 41.1 Å². The maximum Gasteiger partial charge on any atom is 0.150 e. The quantitative estimate of drug-likeness (QED) is 0.927. The van der Waals surface area contributed by atoms with Gasteiger partial charge in [-0.25, -0.2) is 9.97 Å². The number of anilines is 2. The summed E-state index contributed by atoms with van der Waals surface area (Å²) in [5.74, 6) is 1.69. The highest BCUT2D eigenvalue weighted by molar-refractivity contribution is 5.50. The Morgan fingerprint density at radius 1 is 1.00 bits per heavy atom. The molecule has 0 saturated heterocycles. The van der Waals surface area contributed by atoms with Crippen molar-refractivity contribution < 1.29 is 0 Å². The molecule has 106 valence electrons. The van der Waals surface area contributed by atoms with Crippen LogP contribution in [-0.4, -0.2) is 24.1 Å². The molecule has 0 aliphatic carbocycles. The highest BCUT2D eigenvalue weighted by Gasteiger charge is 2.07. The van der Waals surface area contributed by atoms with Crippen LogP contribution in [0.15, 0.2) is 24.3 Å². The lowest BCUT2D eigenvalue weighted by molar-refractivity contribution is 0.829. The van der Waals surface area contributed by atoms with E-state index in [0.29, 0.717) is 6.54 Å². The van der Waals surface area contributed by atoms with Crippen LogP contribution in [0.1, 0.15) is 22.6 Å². The van der Waals surface area contributed by atoms with Crippen molar-refractivity contribution in [3.63, 3.8) is 0 Å². The fourth-order valence-electron chi connectivity index (χ4n) is 2.30. The van der Waals surface area contributed by atoms with Crippen LogP contribution in [0.5, 0.6) is 0 Å². The Balaban J connectivity index is 2.22. The van der Waals surface area contributed by atoms with E-state index in [1.807, 2.05) is 20.0 Å². The Bertz CT molecular complexity index is 587. The lowest BCUT2D eigenvalue weighted by Crippen LogP contribution is -2.19. The molecule has 0 unspecified atom stereocenters. The third-order valence-corrected chi connectivity index (χ3v) is 3.18. The minimum absolute atomic E-state index is 0.694. The Morgan fingerprint density at radius 2 is 1.65 bits per heavy atom. The third-order valence-electron chi connectivity index (χ3n) is 3.18. The van der Waals surface area contributed by atoms with Crippen LogP contribution < -0.4 is 10.2 Å². The zero-order valence-corrected chi connectivity index (χ0v) is 12.9. The molecule has 0 amide bonds. The maximum absolute atomic E-state index is 4.50. The van der Waals surface area contributed by atoms with Crippen LogP contribution in [0.25, 0.3) is 0 Å². The Hall–Kier alpha value is -2.10. The molecule has 0 saturated carbocycles. The number of hydrogen-bond acceptors (Lipinski definition) is 4. The zero-order valence-electron chi connectivity index (χ0n) is 12.9. The molecule has 2 rings (SSSR count). The molecular formula is C16H22N4. The van der Waals surface area contributed by atoms with Gasteiger partial charge in [-0.05, 0) is 44.0 Å². The van der Waals surface area contributed by atoms with Crippen LogP contribution in [0.2, 0.25) is 0 Å². The van der Waals surface area contributed by atoms with Crippen LogP contribution in [0, 0.1) is 20.8 Å². The number of nitrogens with one attached hydrogen (secondary N) is 1. The first-order valence-electron chi connectivity index (χ1n) is 6.79. The van der Waals surface area contributed by atoms with Gasteiger partial charge in [-0.1, -0.05) is 6.07 Å². The predicted octanol–water partition coefficient (Wildman–Crippen LogP) is 3.08. The summed E-state index contributed by atoms with van der Waals surface area (Å²) in [7, 11) is 3.94. The van der Waals surface area contributed by atoms with Crippen LogP contribution in [0.3, 0.4) is 0 Å². The second kappa shape index (κ2) is 5.90. The molecule has 0 bridgehead atoms. The standard InChI is InChI=1S/C16H22N4/c1-11-6-12(2)8-14(7-11)20(5)10-16-18-13(3)9-15(17-4)19-16/h6-9H,10H2,1-5H3,(H,17,18,19). The van der Waals surface area contributed by atoms with E-state index in [0.717, 1.165) is 17.3 Å². The number of rotatable bonds is 4. The summed E-state index contributed by atoms with van der Waals surface area (Å²) in [5, 5.41) is 3.07. The van der Waals surface area contributed by atoms with Gasteiger partial charge in [0.15, 0.2) is 0 Å². The monoisotopic (exact) mass is 270 g/mol. The van der Waals surface area contributed by atoms with Gasteiger partial charge in [0.05, 0.1) is 6.54 Å². The summed E-state index contributed by atoms with van der Waals surface area (Å²) >= 11 is 0. The molecule has 0 aliphatic heterocycles. The smallest absolute Gasteiger partial charge is 0.150 e. The summed E-state index contributed by atoms with van der Waals surface area (Å²) in [4.78, 5) is 11.2. The molecule has 0 spiro atoms. The van der Waals surface area contributed by atoms with E-state index in [1.165, 1.54) is 16.8 Å². The van der Waals surface area contributed by atoms with Crippen LogP contribution in [0.4, 0.5) is 11.5 Å². The number of hydrogen-bond donors (Lipinski definition) is 1. The van der Waals surface area contributed by atoms with Gasteiger partial charge >= 0.3 is 0 Å². The van der Waals surface area contributed by atoms with E-state index in [-0.39, 0.29) is 0 Å². The molecule has 20 heavy (non-hydrogen) atoms. The van der Waals surface area contributed by atoms with Crippen molar-refractivity contribution in [2.24, 2.45) is 0 Å². The van der Waals surface area contributed by atoms with E-state index >= 15 is 0 Å². The second-order valence-electron chi connectivity index (χ2n) is 5.26. The van der Waals surface area contributed by atoms with Crippen molar-refractivity contribution in [2.75, 3.05) is 24.3 Å². The first kappa shape index (κ1) is 14.3. The van der Waals surface area contributed by atoms with Crippen molar-refractivity contribution in [3.8, 4) is 0 Å². The average molecular weight is 270 g/mol. The average Bonchev–Trinajstić information content (AvgIpc) is 2.36. The first-order chi connectivity index (χ1) is 9.47. The molecule has 1 N–H and O–H groups in total. The maximum atomic E-state index is 4.50. The lowest BCUT2D eigenvalue weighted by atomic mass is 10.1. The Morgan fingerprint density at radius 3 is 2.25 bits per heavy atom. The van der Waals surface area contributed by atoms with Gasteiger partial charge in [0.2, 0.25) is 0 Å². The van der Waals surface area contributed by atoms with E-state index in [9.17, 15) is 0 Å². The minimum Gasteiger partial charge on any atom is -0.373 e. The molecule has 2 aromatic rings. The van der Waals surface area contributed by atoms with Gasteiger partial charge in [0.1, 0.15) is 11.6 Å². The normalized spacial score (nSPS) is 10.4. The Kier molecular flexibility index (Phi) is 4.23. The van der Waals surface area contributed by atoms with Gasteiger partial charge < -0.3 is 10.2 Å². The first-order valence-corrected chi connectivity index (χ1v) is 6.79. The summed E-state index contributed by atoms with van der Waals surface area (Å²) in [6.07, 6.45) is 0. The van der Waals surface area contributed by atoms with Crippen molar-refractivity contribution in [1.29, 1.82) is 0 Å². The molecule has 4 heteroatoms. The highest BCUT2D eigenvalue weighted by atomic mass is 15.1. The molecule has 0 atom stereocenters. The van der Waals surface area contributed by atoms with Crippen molar-refractivity contribution in [3.05, 3.63) is 46.9 Å². The van der Waals surface area contributed by atoms with Gasteiger partial charge in [-0.3, -0.25) is 0 Å². The largest absolute Gasteiger partial charge is 0.373 e. The van der Waals surface area contributed by atoms with Crippen LogP contribution in [-0.2, 0) is 6.54 Å². The molecule has 4 nitrogen and oxygen atoms in total. The van der Waals surface area contributed by atoms with E-state index in [2.05, 4.69) is 59.3 Å². The molecular weight excluding hydrogens is 248 g/mol. The number of benzene rings is 1. The summed E-state index contributed by atoms with van der Waals surface area (Å²) in [5.41, 5.74) is 4.72. The van der Waals surface area contributed by atoms with Gasteiger partial charge in [-0.15, -0.1) is 0 Å². The third kappa shape index (κ3) is 3.47. The summed E-state index contributed by atoms with van der Waals surface area (Å²) in [6, 6.07) is 8.49.